The molecule has 0 unspecified atom stereocenters. The fourth-order valence-corrected chi connectivity index (χ4v) is 2.36. The molecule has 0 aliphatic carbocycles. The molecular weight excluding hydrogens is 246 g/mol. The Morgan fingerprint density at radius 1 is 1.20 bits per heavy atom. The van der Waals surface area contributed by atoms with Crippen LogP contribution in [0, 0.1) is 31.1 Å². The Hall–Kier alpha value is -1.56. The lowest BCUT2D eigenvalue weighted by Crippen LogP contribution is -2.06. The summed E-state index contributed by atoms with van der Waals surface area (Å²) >= 11 is 0. The van der Waals surface area contributed by atoms with Gasteiger partial charge in [0.15, 0.2) is 0 Å². The van der Waals surface area contributed by atoms with Gasteiger partial charge in [-0.2, -0.15) is 5.26 Å². The molecule has 0 radical (unpaired) electrons. The summed E-state index contributed by atoms with van der Waals surface area (Å²) in [5, 5.41) is 12.6. The van der Waals surface area contributed by atoms with Crippen LogP contribution in [0.25, 0.3) is 0 Å². The number of nitrogens with zero attached hydrogens (tertiary/aromatic N) is 2. The van der Waals surface area contributed by atoms with Crippen molar-refractivity contribution in [3.05, 3.63) is 23.0 Å². The van der Waals surface area contributed by atoms with E-state index in [0.29, 0.717) is 5.56 Å². The highest BCUT2D eigenvalue weighted by Gasteiger charge is 2.07. The predicted molar refractivity (Wildman–Crippen MR) is 84.8 cm³/mol. The standard InChI is InChI=1S/C17H27N3/c1-13(2)9-7-5-6-8-10-19-17-11-14(3)20-15(4)16(17)12-18/h11,13H,5-10H2,1-4H3,(H,19,20). The summed E-state index contributed by atoms with van der Waals surface area (Å²) in [5.74, 6) is 0.814. The number of unbranched alkanes of at least 4 members (excludes halogenated alkanes) is 3. The molecule has 0 spiro atoms. The van der Waals surface area contributed by atoms with Crippen LogP contribution in [-0.2, 0) is 0 Å². The van der Waals surface area contributed by atoms with E-state index in [2.05, 4.69) is 30.2 Å². The third kappa shape index (κ3) is 5.61. The molecule has 0 aromatic carbocycles. The van der Waals surface area contributed by atoms with Crippen molar-refractivity contribution in [1.82, 2.24) is 4.98 Å². The second kappa shape index (κ2) is 8.58. The molecule has 3 heteroatoms. The van der Waals surface area contributed by atoms with Crippen molar-refractivity contribution in [1.29, 1.82) is 5.26 Å². The molecule has 0 fully saturated rings. The molecule has 110 valence electrons. The van der Waals surface area contributed by atoms with E-state index >= 15 is 0 Å². The SMILES string of the molecule is Cc1cc(NCCCCCCC(C)C)c(C#N)c(C)n1. The molecule has 0 aliphatic heterocycles. The quantitative estimate of drug-likeness (QED) is 0.705. The second-order valence-electron chi connectivity index (χ2n) is 5.91. The maximum Gasteiger partial charge on any atom is 0.103 e. The largest absolute Gasteiger partial charge is 0.384 e. The summed E-state index contributed by atoms with van der Waals surface area (Å²) in [6, 6.07) is 4.20. The summed E-state index contributed by atoms with van der Waals surface area (Å²) in [4.78, 5) is 4.33. The van der Waals surface area contributed by atoms with Crippen LogP contribution in [0.2, 0.25) is 0 Å². The Labute approximate surface area is 123 Å². The monoisotopic (exact) mass is 273 g/mol. The van der Waals surface area contributed by atoms with Gasteiger partial charge in [-0.3, -0.25) is 4.98 Å². The van der Waals surface area contributed by atoms with Crippen molar-refractivity contribution in [2.24, 2.45) is 5.92 Å². The van der Waals surface area contributed by atoms with E-state index in [1.807, 2.05) is 19.9 Å². The van der Waals surface area contributed by atoms with Crippen molar-refractivity contribution in [3.8, 4) is 6.07 Å². The zero-order chi connectivity index (χ0) is 15.0. The molecule has 0 saturated carbocycles. The van der Waals surface area contributed by atoms with Crippen LogP contribution in [0.1, 0.15) is 62.9 Å². The van der Waals surface area contributed by atoms with Crippen LogP contribution in [0.5, 0.6) is 0 Å². The minimum Gasteiger partial charge on any atom is -0.384 e. The van der Waals surface area contributed by atoms with E-state index < -0.39 is 0 Å². The average Bonchev–Trinajstić information content (AvgIpc) is 2.36. The predicted octanol–water partition coefficient (Wildman–Crippen LogP) is 4.59. The van der Waals surface area contributed by atoms with Gasteiger partial charge in [0.1, 0.15) is 6.07 Å². The number of pyridine rings is 1. The summed E-state index contributed by atoms with van der Waals surface area (Å²) in [7, 11) is 0. The van der Waals surface area contributed by atoms with Gasteiger partial charge in [-0.05, 0) is 32.3 Å². The molecule has 3 nitrogen and oxygen atoms in total. The summed E-state index contributed by atoms with van der Waals surface area (Å²) in [6.45, 7) is 9.34. The fraction of sp³-hybridized carbons (Fsp3) is 0.647. The van der Waals surface area contributed by atoms with Crippen LogP contribution in [0.3, 0.4) is 0 Å². The molecule has 0 saturated heterocycles. The van der Waals surface area contributed by atoms with Gasteiger partial charge in [0.25, 0.3) is 0 Å². The van der Waals surface area contributed by atoms with Gasteiger partial charge in [0.2, 0.25) is 0 Å². The zero-order valence-corrected chi connectivity index (χ0v) is 13.3. The average molecular weight is 273 g/mol. The Bertz CT molecular complexity index is 458. The van der Waals surface area contributed by atoms with Crippen LogP contribution >= 0.6 is 0 Å². The molecule has 1 heterocycles. The van der Waals surface area contributed by atoms with E-state index in [1.165, 1.54) is 25.7 Å². The number of hydrogen-bond donors (Lipinski definition) is 1. The first-order valence-electron chi connectivity index (χ1n) is 7.66. The topological polar surface area (TPSA) is 48.7 Å². The smallest absolute Gasteiger partial charge is 0.103 e. The third-order valence-electron chi connectivity index (χ3n) is 3.46. The van der Waals surface area contributed by atoms with Crippen molar-refractivity contribution >= 4 is 5.69 Å². The third-order valence-corrected chi connectivity index (χ3v) is 3.46. The molecule has 0 atom stereocenters. The lowest BCUT2D eigenvalue weighted by molar-refractivity contribution is 0.523. The first kappa shape index (κ1) is 16.5. The first-order valence-corrected chi connectivity index (χ1v) is 7.66. The van der Waals surface area contributed by atoms with Gasteiger partial charge < -0.3 is 5.32 Å². The molecule has 1 N–H and O–H groups in total. The zero-order valence-electron chi connectivity index (χ0n) is 13.3. The highest BCUT2D eigenvalue weighted by atomic mass is 14.9. The lowest BCUT2D eigenvalue weighted by atomic mass is 10.0. The molecule has 20 heavy (non-hydrogen) atoms. The van der Waals surface area contributed by atoms with Crippen LogP contribution in [0.15, 0.2) is 6.07 Å². The summed E-state index contributed by atoms with van der Waals surface area (Å²) < 4.78 is 0. The Balaban J connectivity index is 2.34. The molecule has 0 amide bonds. The Morgan fingerprint density at radius 3 is 2.55 bits per heavy atom. The molecule has 0 aliphatic rings. The molecule has 1 rings (SSSR count). The maximum atomic E-state index is 9.18. The highest BCUT2D eigenvalue weighted by molar-refractivity contribution is 5.59. The number of hydrogen-bond acceptors (Lipinski definition) is 3. The first-order chi connectivity index (χ1) is 9.54. The van der Waals surface area contributed by atoms with Crippen molar-refractivity contribution in [2.75, 3.05) is 11.9 Å². The lowest BCUT2D eigenvalue weighted by Gasteiger charge is -2.11. The van der Waals surface area contributed by atoms with Gasteiger partial charge in [-0.1, -0.05) is 39.5 Å². The minimum absolute atomic E-state index is 0.676. The van der Waals surface area contributed by atoms with E-state index in [-0.39, 0.29) is 0 Å². The number of rotatable bonds is 8. The summed E-state index contributed by atoms with van der Waals surface area (Å²) in [6.07, 6.45) is 6.37. The summed E-state index contributed by atoms with van der Waals surface area (Å²) in [5.41, 5.74) is 3.38. The van der Waals surface area contributed by atoms with Gasteiger partial charge in [0, 0.05) is 12.2 Å². The molecular formula is C17H27N3. The minimum atomic E-state index is 0.676. The fourth-order valence-electron chi connectivity index (χ4n) is 2.36. The van der Waals surface area contributed by atoms with Gasteiger partial charge in [0.05, 0.1) is 16.9 Å². The van der Waals surface area contributed by atoms with Crippen molar-refractivity contribution < 1.29 is 0 Å². The van der Waals surface area contributed by atoms with E-state index in [4.69, 9.17) is 0 Å². The number of aromatic nitrogens is 1. The van der Waals surface area contributed by atoms with Gasteiger partial charge in [-0.25, -0.2) is 0 Å². The van der Waals surface area contributed by atoms with E-state index in [1.54, 1.807) is 0 Å². The van der Waals surface area contributed by atoms with Crippen LogP contribution in [-0.4, -0.2) is 11.5 Å². The Morgan fingerprint density at radius 2 is 1.90 bits per heavy atom. The number of nitriles is 1. The van der Waals surface area contributed by atoms with Crippen LogP contribution < -0.4 is 5.32 Å². The molecule has 1 aromatic rings. The number of anilines is 1. The van der Waals surface area contributed by atoms with E-state index in [0.717, 1.165) is 36.0 Å². The van der Waals surface area contributed by atoms with Crippen LogP contribution in [0.4, 0.5) is 5.69 Å². The highest BCUT2D eigenvalue weighted by Crippen LogP contribution is 2.19. The Kier molecular flexibility index (Phi) is 7.08. The maximum absolute atomic E-state index is 9.18. The molecule has 0 bridgehead atoms. The molecule has 1 aromatic heterocycles. The number of aryl methyl sites for hydroxylation is 2. The number of nitrogens with one attached hydrogen (secondary N) is 1. The van der Waals surface area contributed by atoms with Gasteiger partial charge in [-0.15, -0.1) is 0 Å². The van der Waals surface area contributed by atoms with Crippen molar-refractivity contribution in [2.45, 2.75) is 59.8 Å². The normalized spacial score (nSPS) is 10.6. The van der Waals surface area contributed by atoms with Gasteiger partial charge >= 0.3 is 0 Å². The van der Waals surface area contributed by atoms with E-state index in [9.17, 15) is 5.26 Å². The van der Waals surface area contributed by atoms with Crippen molar-refractivity contribution in [3.63, 3.8) is 0 Å². The second-order valence-corrected chi connectivity index (χ2v) is 5.91.